The van der Waals surface area contributed by atoms with Gasteiger partial charge in [-0.1, -0.05) is 18.2 Å². The van der Waals surface area contributed by atoms with E-state index in [0.29, 0.717) is 24.8 Å². The van der Waals surface area contributed by atoms with Gasteiger partial charge in [-0.05, 0) is 51.2 Å². The van der Waals surface area contributed by atoms with Crippen LogP contribution >= 0.6 is 0 Å². The van der Waals surface area contributed by atoms with Gasteiger partial charge in [-0.2, -0.15) is 0 Å². The topological polar surface area (TPSA) is 75.2 Å². The Morgan fingerprint density at radius 1 is 1.17 bits per heavy atom. The molecule has 1 unspecified atom stereocenters. The Kier molecular flexibility index (Phi) is 9.44. The van der Waals surface area contributed by atoms with Gasteiger partial charge in [-0.25, -0.2) is 0 Å². The third-order valence-corrected chi connectivity index (χ3v) is 5.56. The fourth-order valence-electron chi connectivity index (χ4n) is 3.87. The van der Waals surface area contributed by atoms with Crippen molar-refractivity contribution in [3.8, 4) is 0 Å². The van der Waals surface area contributed by atoms with Crippen LogP contribution in [0.15, 0.2) is 35.3 Å². The number of nitrogens with one attached hydrogen (secondary N) is 2. The quantitative estimate of drug-likeness (QED) is 0.387. The highest BCUT2D eigenvalue weighted by atomic mass is 16.5. The van der Waals surface area contributed by atoms with Gasteiger partial charge in [0.15, 0.2) is 5.96 Å². The van der Waals surface area contributed by atoms with Crippen molar-refractivity contribution in [2.24, 2.45) is 4.99 Å². The van der Waals surface area contributed by atoms with Gasteiger partial charge in [-0.15, -0.1) is 0 Å². The normalized spacial score (nSPS) is 20.8. The second kappa shape index (κ2) is 12.5. The molecule has 1 aromatic carbocycles. The maximum Gasteiger partial charge on any atom is 0.251 e. The van der Waals surface area contributed by atoms with Gasteiger partial charge < -0.3 is 25.0 Å². The first-order valence-corrected chi connectivity index (χ1v) is 11.4. The molecule has 2 N–H and O–H groups in total. The SMILES string of the molecule is CCNC(=NCCNC(=O)c1ccccc1)N1CCC(OCC2CCCCO2)CC1. The molecule has 2 heterocycles. The van der Waals surface area contributed by atoms with Gasteiger partial charge >= 0.3 is 0 Å². The number of hydrogen-bond acceptors (Lipinski definition) is 4. The molecule has 1 atom stereocenters. The molecule has 0 aliphatic carbocycles. The summed E-state index contributed by atoms with van der Waals surface area (Å²) in [7, 11) is 0. The van der Waals surface area contributed by atoms with Crippen LogP contribution in [0.3, 0.4) is 0 Å². The van der Waals surface area contributed by atoms with Crippen LogP contribution in [0.1, 0.15) is 49.4 Å². The fourth-order valence-corrected chi connectivity index (χ4v) is 3.87. The first kappa shape index (κ1) is 22.6. The Morgan fingerprint density at radius 3 is 2.67 bits per heavy atom. The van der Waals surface area contributed by atoms with Crippen LogP contribution in [0.25, 0.3) is 0 Å². The number of benzene rings is 1. The van der Waals surface area contributed by atoms with Gasteiger partial charge in [0.05, 0.1) is 25.4 Å². The molecular formula is C23H36N4O3. The van der Waals surface area contributed by atoms with E-state index in [1.54, 1.807) is 0 Å². The summed E-state index contributed by atoms with van der Waals surface area (Å²) in [5, 5.41) is 6.30. The van der Waals surface area contributed by atoms with E-state index in [-0.39, 0.29) is 12.0 Å². The lowest BCUT2D eigenvalue weighted by Crippen LogP contribution is -2.47. The Hall–Kier alpha value is -2.12. The van der Waals surface area contributed by atoms with Crippen LogP contribution in [0.5, 0.6) is 0 Å². The van der Waals surface area contributed by atoms with Crippen molar-refractivity contribution in [1.29, 1.82) is 0 Å². The number of ether oxygens (including phenoxy) is 2. The van der Waals surface area contributed by atoms with Crippen molar-refractivity contribution in [2.45, 2.75) is 51.2 Å². The number of aliphatic imine (C=N–C) groups is 1. The second-order valence-corrected chi connectivity index (χ2v) is 7.87. The van der Waals surface area contributed by atoms with E-state index >= 15 is 0 Å². The molecule has 0 spiro atoms. The molecule has 2 saturated heterocycles. The summed E-state index contributed by atoms with van der Waals surface area (Å²) in [5.74, 6) is 0.858. The Morgan fingerprint density at radius 2 is 1.97 bits per heavy atom. The highest BCUT2D eigenvalue weighted by molar-refractivity contribution is 5.94. The van der Waals surface area contributed by atoms with Gasteiger partial charge in [0.2, 0.25) is 0 Å². The highest BCUT2D eigenvalue weighted by Crippen LogP contribution is 2.18. The maximum absolute atomic E-state index is 12.1. The third-order valence-electron chi connectivity index (χ3n) is 5.56. The number of piperidine rings is 1. The number of carbonyl (C=O) groups excluding carboxylic acids is 1. The summed E-state index contributed by atoms with van der Waals surface area (Å²) >= 11 is 0. The van der Waals surface area contributed by atoms with Crippen LogP contribution in [0.4, 0.5) is 0 Å². The lowest BCUT2D eigenvalue weighted by atomic mass is 10.1. The zero-order valence-corrected chi connectivity index (χ0v) is 18.1. The van der Waals surface area contributed by atoms with Crippen LogP contribution in [0, 0.1) is 0 Å². The van der Waals surface area contributed by atoms with Crippen molar-refractivity contribution < 1.29 is 14.3 Å². The van der Waals surface area contributed by atoms with E-state index in [4.69, 9.17) is 14.5 Å². The van der Waals surface area contributed by atoms with Gasteiger partial charge in [0.25, 0.3) is 5.91 Å². The first-order chi connectivity index (χ1) is 14.8. The number of guanidine groups is 1. The van der Waals surface area contributed by atoms with E-state index in [1.165, 1.54) is 12.8 Å². The number of likely N-dealkylation sites (tertiary alicyclic amines) is 1. The zero-order chi connectivity index (χ0) is 21.0. The first-order valence-electron chi connectivity index (χ1n) is 11.4. The molecule has 0 radical (unpaired) electrons. The molecule has 1 aromatic rings. The summed E-state index contributed by atoms with van der Waals surface area (Å²) < 4.78 is 11.9. The van der Waals surface area contributed by atoms with Gasteiger partial charge in [0.1, 0.15) is 0 Å². The van der Waals surface area contributed by atoms with Crippen molar-refractivity contribution in [3.63, 3.8) is 0 Å². The van der Waals surface area contributed by atoms with E-state index < -0.39 is 0 Å². The number of hydrogen-bond donors (Lipinski definition) is 2. The van der Waals surface area contributed by atoms with Crippen LogP contribution < -0.4 is 10.6 Å². The molecule has 0 aromatic heterocycles. The predicted octanol–water partition coefficient (Wildman–Crippen LogP) is 2.43. The minimum atomic E-state index is -0.0595. The average Bonchev–Trinajstić information content (AvgIpc) is 2.81. The molecule has 1 amide bonds. The van der Waals surface area contributed by atoms with Crippen molar-refractivity contribution in [3.05, 3.63) is 35.9 Å². The van der Waals surface area contributed by atoms with E-state index in [2.05, 4.69) is 22.5 Å². The van der Waals surface area contributed by atoms with Gasteiger partial charge in [-0.3, -0.25) is 9.79 Å². The summed E-state index contributed by atoms with van der Waals surface area (Å²) in [6.45, 7) is 7.43. The fraction of sp³-hybridized carbons (Fsp3) is 0.652. The lowest BCUT2D eigenvalue weighted by Gasteiger charge is -2.35. The number of rotatable bonds is 8. The number of amides is 1. The summed E-state index contributed by atoms with van der Waals surface area (Å²) in [4.78, 5) is 19.1. The van der Waals surface area contributed by atoms with Crippen LogP contribution in [-0.2, 0) is 9.47 Å². The van der Waals surface area contributed by atoms with Crippen molar-refractivity contribution in [1.82, 2.24) is 15.5 Å². The molecule has 0 saturated carbocycles. The Bertz CT molecular complexity index is 654. The second-order valence-electron chi connectivity index (χ2n) is 7.87. The molecule has 0 bridgehead atoms. The minimum Gasteiger partial charge on any atom is -0.376 e. The average molecular weight is 417 g/mol. The molecular weight excluding hydrogens is 380 g/mol. The van der Waals surface area contributed by atoms with E-state index in [9.17, 15) is 4.79 Å². The molecule has 7 heteroatoms. The predicted molar refractivity (Wildman–Crippen MR) is 119 cm³/mol. The monoisotopic (exact) mass is 416 g/mol. The van der Waals surface area contributed by atoms with Crippen molar-refractivity contribution >= 4 is 11.9 Å². The molecule has 7 nitrogen and oxygen atoms in total. The number of carbonyl (C=O) groups is 1. The van der Waals surface area contributed by atoms with E-state index in [1.807, 2.05) is 30.3 Å². The minimum absolute atomic E-state index is 0.0595. The lowest BCUT2D eigenvalue weighted by molar-refractivity contribution is -0.0721. The third kappa shape index (κ3) is 7.29. The Balaban J connectivity index is 1.38. The molecule has 2 aliphatic heterocycles. The largest absolute Gasteiger partial charge is 0.376 e. The molecule has 30 heavy (non-hydrogen) atoms. The zero-order valence-electron chi connectivity index (χ0n) is 18.1. The molecule has 2 fully saturated rings. The standard InChI is InChI=1S/C23H36N4O3/c1-2-24-23(26-14-13-25-22(28)19-8-4-3-5-9-19)27-15-11-20(12-16-27)30-18-21-10-6-7-17-29-21/h3-5,8-9,20-21H,2,6-7,10-18H2,1H3,(H,24,26)(H,25,28). The Labute approximate surface area is 180 Å². The highest BCUT2D eigenvalue weighted by Gasteiger charge is 2.23. The summed E-state index contributed by atoms with van der Waals surface area (Å²) in [5.41, 5.74) is 0.675. The summed E-state index contributed by atoms with van der Waals surface area (Å²) in [6, 6.07) is 9.27. The molecule has 3 rings (SSSR count). The molecule has 2 aliphatic rings. The van der Waals surface area contributed by atoms with Crippen LogP contribution in [0.2, 0.25) is 0 Å². The number of nitrogens with zero attached hydrogens (tertiary/aromatic N) is 2. The van der Waals surface area contributed by atoms with Gasteiger partial charge in [0, 0.05) is 38.3 Å². The molecule has 166 valence electrons. The van der Waals surface area contributed by atoms with E-state index in [0.717, 1.165) is 58.1 Å². The summed E-state index contributed by atoms with van der Waals surface area (Å²) in [6.07, 6.45) is 6.14. The smallest absolute Gasteiger partial charge is 0.251 e. The maximum atomic E-state index is 12.1. The van der Waals surface area contributed by atoms with Crippen molar-refractivity contribution in [2.75, 3.05) is 45.9 Å². The van der Waals surface area contributed by atoms with Crippen LogP contribution in [-0.4, -0.2) is 74.9 Å².